The molecule has 0 aromatic heterocycles. The van der Waals surface area contributed by atoms with Gasteiger partial charge in [0.25, 0.3) is 0 Å². The van der Waals surface area contributed by atoms with Gasteiger partial charge in [-0.25, -0.2) is 0 Å². The van der Waals surface area contributed by atoms with E-state index < -0.39 is 0 Å². The molecule has 5 nitrogen and oxygen atoms in total. The van der Waals surface area contributed by atoms with Gasteiger partial charge in [-0.3, -0.25) is 9.59 Å². The molecule has 2 atom stereocenters. The summed E-state index contributed by atoms with van der Waals surface area (Å²) in [6.07, 6.45) is 2.30. The third kappa shape index (κ3) is 7.59. The van der Waals surface area contributed by atoms with Gasteiger partial charge in [-0.15, -0.1) is 0 Å². The molecule has 0 spiro atoms. The van der Waals surface area contributed by atoms with Crippen LogP contribution in [0.2, 0.25) is 0 Å². The SMILES string of the molecule is CCOC(=O)C(C)NCCCC(CC)C(=O)OCc1ccccc1. The van der Waals surface area contributed by atoms with Gasteiger partial charge in [0.05, 0.1) is 12.5 Å². The molecule has 0 saturated heterocycles. The van der Waals surface area contributed by atoms with Crippen LogP contribution >= 0.6 is 0 Å². The first-order valence-electron chi connectivity index (χ1n) is 8.69. The molecule has 1 aromatic rings. The average Bonchev–Trinajstić information content (AvgIpc) is 2.60. The lowest BCUT2D eigenvalue weighted by Gasteiger charge is -2.16. The number of carbonyl (C=O) groups excluding carboxylic acids is 2. The van der Waals surface area contributed by atoms with E-state index in [1.54, 1.807) is 13.8 Å². The van der Waals surface area contributed by atoms with Crippen molar-refractivity contribution < 1.29 is 19.1 Å². The van der Waals surface area contributed by atoms with E-state index in [4.69, 9.17) is 9.47 Å². The maximum Gasteiger partial charge on any atom is 0.322 e. The minimum Gasteiger partial charge on any atom is -0.465 e. The minimum absolute atomic E-state index is 0.103. The van der Waals surface area contributed by atoms with Crippen LogP contribution < -0.4 is 5.32 Å². The summed E-state index contributed by atoms with van der Waals surface area (Å²) in [5.74, 6) is -0.500. The number of nitrogens with one attached hydrogen (secondary N) is 1. The largest absolute Gasteiger partial charge is 0.465 e. The van der Waals surface area contributed by atoms with Crippen LogP contribution in [0.15, 0.2) is 30.3 Å². The first-order chi connectivity index (χ1) is 11.6. The van der Waals surface area contributed by atoms with Crippen LogP contribution in [0.4, 0.5) is 0 Å². The predicted molar refractivity (Wildman–Crippen MR) is 93.4 cm³/mol. The number of carbonyl (C=O) groups is 2. The Balaban J connectivity index is 2.26. The smallest absolute Gasteiger partial charge is 0.322 e. The van der Waals surface area contributed by atoms with Gasteiger partial charge in [-0.1, -0.05) is 37.3 Å². The second kappa shape index (κ2) is 11.6. The first-order valence-corrected chi connectivity index (χ1v) is 8.69. The fourth-order valence-electron chi connectivity index (χ4n) is 2.35. The van der Waals surface area contributed by atoms with Crippen molar-refractivity contribution in [2.75, 3.05) is 13.2 Å². The van der Waals surface area contributed by atoms with E-state index >= 15 is 0 Å². The van der Waals surface area contributed by atoms with E-state index in [0.29, 0.717) is 19.8 Å². The van der Waals surface area contributed by atoms with Crippen LogP contribution in [-0.2, 0) is 25.7 Å². The summed E-state index contributed by atoms with van der Waals surface area (Å²) in [7, 11) is 0. The highest BCUT2D eigenvalue weighted by Crippen LogP contribution is 2.14. The van der Waals surface area contributed by atoms with Crippen LogP contribution in [0.25, 0.3) is 0 Å². The molecule has 24 heavy (non-hydrogen) atoms. The Kier molecular flexibility index (Phi) is 9.77. The Morgan fingerprint density at radius 3 is 2.42 bits per heavy atom. The highest BCUT2D eigenvalue weighted by Gasteiger charge is 2.18. The molecule has 0 aliphatic heterocycles. The molecule has 0 heterocycles. The average molecular weight is 335 g/mol. The number of hydrogen-bond acceptors (Lipinski definition) is 5. The van der Waals surface area contributed by atoms with Gasteiger partial charge >= 0.3 is 11.9 Å². The van der Waals surface area contributed by atoms with Crippen molar-refractivity contribution in [1.29, 1.82) is 0 Å². The second-order valence-corrected chi connectivity index (χ2v) is 5.77. The van der Waals surface area contributed by atoms with Crippen molar-refractivity contribution >= 4 is 11.9 Å². The number of hydrogen-bond donors (Lipinski definition) is 1. The number of rotatable bonds is 11. The summed E-state index contributed by atoms with van der Waals surface area (Å²) < 4.78 is 10.3. The fraction of sp³-hybridized carbons (Fsp3) is 0.579. The minimum atomic E-state index is -0.324. The molecule has 0 saturated carbocycles. The maximum atomic E-state index is 12.2. The summed E-state index contributed by atoms with van der Waals surface area (Å²) >= 11 is 0. The van der Waals surface area contributed by atoms with E-state index in [1.165, 1.54) is 0 Å². The number of benzene rings is 1. The van der Waals surface area contributed by atoms with Gasteiger partial charge in [0.2, 0.25) is 0 Å². The molecule has 1 rings (SSSR count). The van der Waals surface area contributed by atoms with Crippen molar-refractivity contribution in [2.45, 2.75) is 52.7 Å². The Hall–Kier alpha value is -1.88. The Morgan fingerprint density at radius 1 is 1.08 bits per heavy atom. The summed E-state index contributed by atoms with van der Waals surface area (Å²) in [4.78, 5) is 23.6. The molecule has 1 aromatic carbocycles. The first kappa shape index (κ1) is 20.2. The molecule has 0 radical (unpaired) electrons. The molecule has 0 aliphatic carbocycles. The lowest BCUT2D eigenvalue weighted by atomic mass is 10.0. The summed E-state index contributed by atoms with van der Waals surface area (Å²) in [5.41, 5.74) is 0.991. The van der Waals surface area contributed by atoms with Crippen molar-refractivity contribution in [3.05, 3.63) is 35.9 Å². The van der Waals surface area contributed by atoms with E-state index in [-0.39, 0.29) is 23.9 Å². The van der Waals surface area contributed by atoms with Gasteiger partial charge in [0.15, 0.2) is 0 Å². The zero-order chi connectivity index (χ0) is 17.8. The standard InChI is InChI=1S/C19H29NO4/c1-4-17(12-9-13-20-15(3)18(21)23-5-2)19(22)24-14-16-10-7-6-8-11-16/h6-8,10-11,15,17,20H,4-5,9,12-14H2,1-3H3. The Morgan fingerprint density at radius 2 is 1.79 bits per heavy atom. The molecule has 5 heteroatoms. The van der Waals surface area contributed by atoms with Crippen LogP contribution in [0, 0.1) is 5.92 Å². The van der Waals surface area contributed by atoms with Crippen LogP contribution in [0.1, 0.15) is 45.6 Å². The third-order valence-electron chi connectivity index (χ3n) is 3.87. The molecule has 0 amide bonds. The lowest BCUT2D eigenvalue weighted by Crippen LogP contribution is -2.36. The Bertz CT molecular complexity index is 489. The molecular formula is C19H29NO4. The van der Waals surface area contributed by atoms with E-state index in [0.717, 1.165) is 24.8 Å². The fourth-order valence-corrected chi connectivity index (χ4v) is 2.35. The number of esters is 2. The quantitative estimate of drug-likeness (QED) is 0.497. The van der Waals surface area contributed by atoms with Crippen molar-refractivity contribution in [2.24, 2.45) is 5.92 Å². The van der Waals surface area contributed by atoms with Gasteiger partial charge in [-0.05, 0) is 45.2 Å². The lowest BCUT2D eigenvalue weighted by molar-refractivity contribution is -0.150. The highest BCUT2D eigenvalue weighted by molar-refractivity contribution is 5.75. The van der Waals surface area contributed by atoms with Crippen molar-refractivity contribution in [3.63, 3.8) is 0 Å². The molecule has 0 aliphatic rings. The maximum absolute atomic E-state index is 12.2. The topological polar surface area (TPSA) is 64.6 Å². The molecule has 0 bridgehead atoms. The summed E-state index contributed by atoms with van der Waals surface area (Å²) in [5, 5.41) is 3.12. The molecule has 1 N–H and O–H groups in total. The summed E-state index contributed by atoms with van der Waals surface area (Å²) in [6.45, 7) is 6.93. The Labute approximate surface area is 144 Å². The zero-order valence-corrected chi connectivity index (χ0v) is 14.9. The van der Waals surface area contributed by atoms with Gasteiger partial charge < -0.3 is 14.8 Å². The van der Waals surface area contributed by atoms with E-state index in [1.807, 2.05) is 37.3 Å². The molecule has 134 valence electrons. The molecule has 0 fully saturated rings. The predicted octanol–water partition coefficient (Wildman–Crippen LogP) is 3.08. The third-order valence-corrected chi connectivity index (χ3v) is 3.87. The summed E-state index contributed by atoms with van der Waals surface area (Å²) in [6, 6.07) is 9.34. The molecular weight excluding hydrogens is 306 g/mol. The monoisotopic (exact) mass is 335 g/mol. The van der Waals surface area contributed by atoms with Gasteiger partial charge in [-0.2, -0.15) is 0 Å². The van der Waals surface area contributed by atoms with E-state index in [2.05, 4.69) is 5.32 Å². The van der Waals surface area contributed by atoms with E-state index in [9.17, 15) is 9.59 Å². The van der Waals surface area contributed by atoms with Crippen LogP contribution in [0.5, 0.6) is 0 Å². The number of ether oxygens (including phenoxy) is 2. The normalized spacial score (nSPS) is 13.1. The van der Waals surface area contributed by atoms with Crippen molar-refractivity contribution in [1.82, 2.24) is 5.32 Å². The zero-order valence-electron chi connectivity index (χ0n) is 14.9. The van der Waals surface area contributed by atoms with Crippen molar-refractivity contribution in [3.8, 4) is 0 Å². The van der Waals surface area contributed by atoms with Crippen LogP contribution in [-0.4, -0.2) is 31.1 Å². The van der Waals surface area contributed by atoms with Crippen LogP contribution in [0.3, 0.4) is 0 Å². The van der Waals surface area contributed by atoms with Gasteiger partial charge in [0.1, 0.15) is 12.6 Å². The highest BCUT2D eigenvalue weighted by atomic mass is 16.5. The second-order valence-electron chi connectivity index (χ2n) is 5.77. The molecule has 2 unspecified atom stereocenters. The van der Waals surface area contributed by atoms with Gasteiger partial charge in [0, 0.05) is 0 Å².